The molecule has 0 spiro atoms. The number of aromatic hydroxyl groups is 1. The second kappa shape index (κ2) is 11.7. The Labute approximate surface area is 225 Å². The quantitative estimate of drug-likeness (QED) is 0.231. The van der Waals surface area contributed by atoms with Crippen molar-refractivity contribution >= 4 is 28.4 Å². The molecule has 38 heavy (non-hydrogen) atoms. The number of carbonyl (C=O) groups excluding carboxylic acids is 1. The number of amides is 1. The third kappa shape index (κ3) is 5.88. The Balaban J connectivity index is 1.46. The Morgan fingerprint density at radius 1 is 0.868 bits per heavy atom. The van der Waals surface area contributed by atoms with Crippen LogP contribution >= 0.6 is 11.6 Å². The van der Waals surface area contributed by atoms with E-state index in [4.69, 9.17) is 21.1 Å². The van der Waals surface area contributed by atoms with Gasteiger partial charge in [0.15, 0.2) is 6.61 Å². The average molecular weight is 525 g/mol. The summed E-state index contributed by atoms with van der Waals surface area (Å²) in [6, 6.07) is 30.8. The third-order valence-electron chi connectivity index (χ3n) is 6.01. The first-order chi connectivity index (χ1) is 18.6. The zero-order chi connectivity index (χ0) is 26.3. The van der Waals surface area contributed by atoms with Crippen LogP contribution in [-0.4, -0.2) is 22.6 Å². The molecule has 6 nitrogen and oxygen atoms in total. The molecule has 190 valence electrons. The lowest BCUT2D eigenvalue weighted by Gasteiger charge is -2.22. The minimum Gasteiger partial charge on any atom is -0.505 e. The lowest BCUT2D eigenvalue weighted by Crippen LogP contribution is -2.33. The summed E-state index contributed by atoms with van der Waals surface area (Å²) in [5.74, 6) is 0.771. The molecule has 1 aromatic heterocycles. The Hall–Kier alpha value is -4.55. The average Bonchev–Trinajstić information content (AvgIpc) is 2.97. The highest BCUT2D eigenvalue weighted by Gasteiger charge is 2.24. The van der Waals surface area contributed by atoms with E-state index in [1.54, 1.807) is 36.5 Å². The molecular formula is C31H25ClN2O4. The Morgan fingerprint density at radius 3 is 2.39 bits per heavy atom. The van der Waals surface area contributed by atoms with Crippen molar-refractivity contribution < 1.29 is 19.4 Å². The molecule has 0 fully saturated rings. The summed E-state index contributed by atoms with van der Waals surface area (Å²) in [5, 5.41) is 15.2. The van der Waals surface area contributed by atoms with Crippen LogP contribution in [-0.2, 0) is 11.4 Å². The van der Waals surface area contributed by atoms with Crippen molar-refractivity contribution in [3.8, 4) is 17.2 Å². The molecule has 1 atom stereocenters. The lowest BCUT2D eigenvalue weighted by molar-refractivity contribution is -0.123. The number of ether oxygens (including phenoxy) is 2. The molecule has 0 aliphatic carbocycles. The highest BCUT2D eigenvalue weighted by molar-refractivity contribution is 6.35. The largest absolute Gasteiger partial charge is 0.505 e. The summed E-state index contributed by atoms with van der Waals surface area (Å²) in [4.78, 5) is 17.3. The van der Waals surface area contributed by atoms with Crippen LogP contribution in [0.15, 0.2) is 109 Å². The molecular weight excluding hydrogens is 500 g/mol. The summed E-state index contributed by atoms with van der Waals surface area (Å²) < 4.78 is 11.7. The van der Waals surface area contributed by atoms with E-state index in [2.05, 4.69) is 10.3 Å². The minimum absolute atomic E-state index is 0.0603. The second-order valence-electron chi connectivity index (χ2n) is 8.64. The van der Waals surface area contributed by atoms with Crippen molar-refractivity contribution in [2.24, 2.45) is 0 Å². The summed E-state index contributed by atoms with van der Waals surface area (Å²) >= 11 is 6.58. The molecule has 0 aliphatic rings. The first kappa shape index (κ1) is 25.1. The predicted octanol–water partition coefficient (Wildman–Crippen LogP) is 6.46. The molecule has 0 radical (unpaired) electrons. The van der Waals surface area contributed by atoms with Crippen LogP contribution < -0.4 is 14.8 Å². The predicted molar refractivity (Wildman–Crippen MR) is 148 cm³/mol. The van der Waals surface area contributed by atoms with Crippen LogP contribution in [0.5, 0.6) is 17.2 Å². The number of benzene rings is 4. The molecule has 2 N–H and O–H groups in total. The van der Waals surface area contributed by atoms with Gasteiger partial charge in [0.2, 0.25) is 0 Å². The summed E-state index contributed by atoms with van der Waals surface area (Å²) in [5.41, 5.74) is 2.50. The van der Waals surface area contributed by atoms with Gasteiger partial charge in [-0.3, -0.25) is 9.78 Å². The fourth-order valence-electron chi connectivity index (χ4n) is 4.16. The van der Waals surface area contributed by atoms with E-state index in [-0.39, 0.29) is 18.3 Å². The standard InChI is InChI=1S/C31H25ClN2O4/c32-27-18-26(31(36)30-25(27)15-8-16-33-30)29(34-28(35)20-38-23-12-5-2-6-13-23)22-11-7-14-24(17-22)37-19-21-9-3-1-4-10-21/h1-18,29,36H,19-20H2,(H,34,35). The molecule has 4 aromatic carbocycles. The fraction of sp³-hybridized carbons (Fsp3) is 0.0968. The number of rotatable bonds is 9. The molecule has 0 saturated heterocycles. The minimum atomic E-state index is -0.744. The smallest absolute Gasteiger partial charge is 0.258 e. The van der Waals surface area contributed by atoms with Gasteiger partial charge in [0.25, 0.3) is 5.91 Å². The number of phenols is 1. The molecule has 5 rings (SSSR count). The topological polar surface area (TPSA) is 80.7 Å². The van der Waals surface area contributed by atoms with Gasteiger partial charge in [-0.1, -0.05) is 72.3 Å². The number of aromatic nitrogens is 1. The van der Waals surface area contributed by atoms with E-state index in [0.29, 0.717) is 45.2 Å². The van der Waals surface area contributed by atoms with Gasteiger partial charge in [-0.2, -0.15) is 0 Å². The van der Waals surface area contributed by atoms with Gasteiger partial charge in [-0.25, -0.2) is 0 Å². The fourth-order valence-corrected chi connectivity index (χ4v) is 4.43. The van der Waals surface area contributed by atoms with Crippen LogP contribution in [0.3, 0.4) is 0 Å². The maximum absolute atomic E-state index is 13.0. The second-order valence-corrected chi connectivity index (χ2v) is 9.05. The summed E-state index contributed by atoms with van der Waals surface area (Å²) in [6.45, 7) is 0.189. The number of phenolic OH excluding ortho intramolecular Hbond substituents is 1. The van der Waals surface area contributed by atoms with Crippen molar-refractivity contribution in [3.05, 3.63) is 131 Å². The van der Waals surface area contributed by atoms with E-state index in [1.165, 1.54) is 0 Å². The van der Waals surface area contributed by atoms with E-state index < -0.39 is 6.04 Å². The molecule has 0 saturated carbocycles. The number of halogens is 1. The zero-order valence-electron chi connectivity index (χ0n) is 20.4. The third-order valence-corrected chi connectivity index (χ3v) is 6.33. The molecule has 1 unspecified atom stereocenters. The number of nitrogens with zero attached hydrogens (tertiary/aromatic N) is 1. The summed E-state index contributed by atoms with van der Waals surface area (Å²) in [6.07, 6.45) is 1.58. The van der Waals surface area contributed by atoms with Gasteiger partial charge >= 0.3 is 0 Å². The normalized spacial score (nSPS) is 11.6. The van der Waals surface area contributed by atoms with Gasteiger partial charge in [0.1, 0.15) is 29.4 Å². The highest BCUT2D eigenvalue weighted by Crippen LogP contribution is 2.39. The molecule has 0 aliphatic heterocycles. The Morgan fingerprint density at radius 2 is 1.61 bits per heavy atom. The monoisotopic (exact) mass is 524 g/mol. The van der Waals surface area contributed by atoms with Gasteiger partial charge < -0.3 is 19.9 Å². The van der Waals surface area contributed by atoms with Crippen LogP contribution in [0.1, 0.15) is 22.7 Å². The molecule has 1 amide bonds. The van der Waals surface area contributed by atoms with E-state index >= 15 is 0 Å². The van der Waals surface area contributed by atoms with Crippen LogP contribution in [0, 0.1) is 0 Å². The lowest BCUT2D eigenvalue weighted by atomic mass is 9.96. The number of fused-ring (bicyclic) bond motifs is 1. The van der Waals surface area contributed by atoms with Crippen molar-refractivity contribution in [2.75, 3.05) is 6.61 Å². The SMILES string of the molecule is O=C(COc1ccccc1)NC(c1cccc(OCc2ccccc2)c1)c1cc(Cl)c2cccnc2c1O. The number of nitrogens with one attached hydrogen (secondary N) is 1. The maximum atomic E-state index is 13.0. The number of hydrogen-bond acceptors (Lipinski definition) is 5. The van der Waals surface area contributed by atoms with Crippen molar-refractivity contribution in [1.82, 2.24) is 10.3 Å². The Kier molecular flexibility index (Phi) is 7.71. The van der Waals surface area contributed by atoms with Crippen molar-refractivity contribution in [1.29, 1.82) is 0 Å². The van der Waals surface area contributed by atoms with Crippen LogP contribution in [0.4, 0.5) is 0 Å². The zero-order valence-corrected chi connectivity index (χ0v) is 21.1. The molecule has 0 bridgehead atoms. The van der Waals surface area contributed by atoms with Crippen molar-refractivity contribution in [2.45, 2.75) is 12.6 Å². The number of para-hydroxylation sites is 1. The van der Waals surface area contributed by atoms with E-state index in [1.807, 2.05) is 72.8 Å². The highest BCUT2D eigenvalue weighted by atomic mass is 35.5. The van der Waals surface area contributed by atoms with Gasteiger partial charge in [-0.15, -0.1) is 0 Å². The van der Waals surface area contributed by atoms with E-state index in [0.717, 1.165) is 5.56 Å². The Bertz CT molecular complexity index is 1540. The first-order valence-corrected chi connectivity index (χ1v) is 12.5. The summed E-state index contributed by atoms with van der Waals surface area (Å²) in [7, 11) is 0. The number of hydrogen-bond donors (Lipinski definition) is 2. The number of carbonyl (C=O) groups is 1. The van der Waals surface area contributed by atoms with Gasteiger partial charge in [0, 0.05) is 17.1 Å². The van der Waals surface area contributed by atoms with Crippen LogP contribution in [0.2, 0.25) is 5.02 Å². The molecule has 7 heteroatoms. The van der Waals surface area contributed by atoms with E-state index in [9.17, 15) is 9.90 Å². The maximum Gasteiger partial charge on any atom is 0.258 e. The van der Waals surface area contributed by atoms with Crippen LogP contribution in [0.25, 0.3) is 10.9 Å². The van der Waals surface area contributed by atoms with Gasteiger partial charge in [-0.05, 0) is 53.6 Å². The van der Waals surface area contributed by atoms with Crippen molar-refractivity contribution in [3.63, 3.8) is 0 Å². The van der Waals surface area contributed by atoms with Gasteiger partial charge in [0.05, 0.1) is 11.1 Å². The number of pyridine rings is 1. The first-order valence-electron chi connectivity index (χ1n) is 12.1. The molecule has 1 heterocycles. The molecule has 5 aromatic rings.